The van der Waals surface area contributed by atoms with Crippen LogP contribution in [0, 0.1) is 13.8 Å². The predicted molar refractivity (Wildman–Crippen MR) is 78.0 cm³/mol. The predicted octanol–water partition coefficient (Wildman–Crippen LogP) is 4.85. The van der Waals surface area contributed by atoms with Crippen LogP contribution in [0.4, 0.5) is 0 Å². The van der Waals surface area contributed by atoms with E-state index in [4.69, 9.17) is 0 Å². The van der Waals surface area contributed by atoms with E-state index >= 15 is 0 Å². The van der Waals surface area contributed by atoms with Gasteiger partial charge in [-0.2, -0.15) is 0 Å². The summed E-state index contributed by atoms with van der Waals surface area (Å²) in [5.74, 6) is 0. The van der Waals surface area contributed by atoms with E-state index in [0.717, 1.165) is 0 Å². The van der Waals surface area contributed by atoms with Gasteiger partial charge in [-0.1, -0.05) is 47.5 Å². The van der Waals surface area contributed by atoms with E-state index in [1.165, 1.54) is 59.1 Å². The standard InChI is InChI=1S/C18H20/c1-13-7-9-17-15(11-13)5-3-4-6-16-12-14(2)8-10-18(16)17/h7-12H,3-6H2,1-2H3. The Morgan fingerprint density at radius 2 is 1.11 bits per heavy atom. The Bertz CT molecular complexity index is 525. The Hall–Kier alpha value is -1.56. The van der Waals surface area contributed by atoms with Crippen LogP contribution in [0.3, 0.4) is 0 Å². The number of aryl methyl sites for hydroxylation is 4. The first-order chi connectivity index (χ1) is 8.74. The highest BCUT2D eigenvalue weighted by Crippen LogP contribution is 2.32. The number of benzene rings is 2. The van der Waals surface area contributed by atoms with Crippen LogP contribution < -0.4 is 0 Å². The summed E-state index contributed by atoms with van der Waals surface area (Å²) >= 11 is 0. The van der Waals surface area contributed by atoms with Crippen LogP contribution in [-0.2, 0) is 12.8 Å². The summed E-state index contributed by atoms with van der Waals surface area (Å²) in [4.78, 5) is 0. The van der Waals surface area contributed by atoms with Gasteiger partial charge in [-0.05, 0) is 61.8 Å². The van der Waals surface area contributed by atoms with Crippen molar-refractivity contribution >= 4 is 0 Å². The zero-order chi connectivity index (χ0) is 12.5. The van der Waals surface area contributed by atoms with Crippen LogP contribution in [0.1, 0.15) is 35.1 Å². The summed E-state index contributed by atoms with van der Waals surface area (Å²) in [6.45, 7) is 4.38. The highest BCUT2D eigenvalue weighted by molar-refractivity contribution is 5.72. The van der Waals surface area contributed by atoms with Crippen molar-refractivity contribution in [1.82, 2.24) is 0 Å². The van der Waals surface area contributed by atoms with E-state index in [0.29, 0.717) is 0 Å². The topological polar surface area (TPSA) is 0 Å². The maximum atomic E-state index is 2.37. The van der Waals surface area contributed by atoms with Crippen molar-refractivity contribution in [3.8, 4) is 11.1 Å². The normalized spacial score (nSPS) is 14.3. The van der Waals surface area contributed by atoms with Crippen LogP contribution in [0.2, 0.25) is 0 Å². The van der Waals surface area contributed by atoms with Gasteiger partial charge >= 0.3 is 0 Å². The number of fused-ring (bicyclic) bond motifs is 3. The molecule has 3 rings (SSSR count). The summed E-state index contributed by atoms with van der Waals surface area (Å²) in [6.07, 6.45) is 5.07. The van der Waals surface area contributed by atoms with Gasteiger partial charge in [0.2, 0.25) is 0 Å². The fourth-order valence-corrected chi connectivity index (χ4v) is 3.02. The highest BCUT2D eigenvalue weighted by Gasteiger charge is 2.13. The Kier molecular flexibility index (Phi) is 2.95. The molecule has 0 spiro atoms. The Balaban J connectivity index is 2.22. The van der Waals surface area contributed by atoms with Crippen LogP contribution in [0.15, 0.2) is 36.4 Å². The molecule has 2 aromatic rings. The van der Waals surface area contributed by atoms with E-state index in [2.05, 4.69) is 50.2 Å². The van der Waals surface area contributed by atoms with Crippen molar-refractivity contribution in [2.75, 3.05) is 0 Å². The molecule has 0 heterocycles. The van der Waals surface area contributed by atoms with E-state index in [9.17, 15) is 0 Å². The third-order valence-corrected chi connectivity index (χ3v) is 3.95. The van der Waals surface area contributed by atoms with Crippen molar-refractivity contribution in [3.63, 3.8) is 0 Å². The molecule has 0 amide bonds. The van der Waals surface area contributed by atoms with Gasteiger partial charge in [0.25, 0.3) is 0 Å². The second kappa shape index (κ2) is 4.61. The summed E-state index contributed by atoms with van der Waals surface area (Å²) in [7, 11) is 0. The molecule has 0 unspecified atom stereocenters. The minimum atomic E-state index is 1.23. The zero-order valence-corrected chi connectivity index (χ0v) is 11.3. The lowest BCUT2D eigenvalue weighted by atomic mass is 9.86. The SMILES string of the molecule is Cc1ccc2c(c1)CCCCc1cc(C)ccc1-2. The largest absolute Gasteiger partial charge is 0.0587 e. The first-order valence-corrected chi connectivity index (χ1v) is 6.93. The average Bonchev–Trinajstić information content (AvgIpc) is 2.33. The highest BCUT2D eigenvalue weighted by atomic mass is 14.2. The molecule has 0 heteroatoms. The molecule has 0 radical (unpaired) electrons. The van der Waals surface area contributed by atoms with Gasteiger partial charge in [0.05, 0.1) is 0 Å². The van der Waals surface area contributed by atoms with E-state index in [1.54, 1.807) is 0 Å². The molecular formula is C18H20. The van der Waals surface area contributed by atoms with Crippen molar-refractivity contribution in [1.29, 1.82) is 0 Å². The van der Waals surface area contributed by atoms with Crippen molar-refractivity contribution in [2.45, 2.75) is 39.5 Å². The number of hydrogen-bond acceptors (Lipinski definition) is 0. The van der Waals surface area contributed by atoms with Crippen molar-refractivity contribution in [2.24, 2.45) is 0 Å². The third-order valence-electron chi connectivity index (χ3n) is 3.95. The molecule has 0 bridgehead atoms. The fourth-order valence-electron chi connectivity index (χ4n) is 3.02. The van der Waals surface area contributed by atoms with Gasteiger partial charge in [0.15, 0.2) is 0 Å². The lowest BCUT2D eigenvalue weighted by Gasteiger charge is -2.18. The number of rotatable bonds is 0. The molecule has 0 aliphatic heterocycles. The molecule has 92 valence electrons. The van der Waals surface area contributed by atoms with E-state index in [-0.39, 0.29) is 0 Å². The van der Waals surface area contributed by atoms with Gasteiger partial charge in [0.1, 0.15) is 0 Å². The molecule has 0 atom stereocenters. The Labute approximate surface area is 110 Å². The van der Waals surface area contributed by atoms with Gasteiger partial charge in [-0.25, -0.2) is 0 Å². The molecule has 18 heavy (non-hydrogen) atoms. The Morgan fingerprint density at radius 3 is 1.56 bits per heavy atom. The second-order valence-electron chi connectivity index (χ2n) is 5.53. The summed E-state index contributed by atoms with van der Waals surface area (Å²) in [5.41, 5.74) is 8.72. The minimum Gasteiger partial charge on any atom is -0.0587 e. The first-order valence-electron chi connectivity index (χ1n) is 6.93. The zero-order valence-electron chi connectivity index (χ0n) is 11.3. The van der Waals surface area contributed by atoms with Crippen molar-refractivity contribution in [3.05, 3.63) is 58.7 Å². The lowest BCUT2D eigenvalue weighted by molar-refractivity contribution is 0.728. The monoisotopic (exact) mass is 236 g/mol. The van der Waals surface area contributed by atoms with Crippen LogP contribution in [-0.4, -0.2) is 0 Å². The fraction of sp³-hybridized carbons (Fsp3) is 0.333. The third kappa shape index (κ3) is 2.08. The quantitative estimate of drug-likeness (QED) is 0.613. The van der Waals surface area contributed by atoms with Crippen molar-refractivity contribution < 1.29 is 0 Å². The van der Waals surface area contributed by atoms with Crippen LogP contribution >= 0.6 is 0 Å². The maximum Gasteiger partial charge on any atom is -0.0149 e. The van der Waals surface area contributed by atoms with E-state index in [1.807, 2.05) is 0 Å². The molecule has 0 fully saturated rings. The molecule has 0 nitrogen and oxygen atoms in total. The van der Waals surface area contributed by atoms with Gasteiger partial charge in [0, 0.05) is 0 Å². The molecule has 1 aliphatic rings. The average molecular weight is 236 g/mol. The molecular weight excluding hydrogens is 216 g/mol. The molecule has 0 aromatic heterocycles. The van der Waals surface area contributed by atoms with Gasteiger partial charge in [-0.3, -0.25) is 0 Å². The smallest absolute Gasteiger partial charge is 0.0149 e. The minimum absolute atomic E-state index is 1.23. The molecule has 0 saturated heterocycles. The maximum absolute atomic E-state index is 2.37. The Morgan fingerprint density at radius 1 is 0.667 bits per heavy atom. The summed E-state index contributed by atoms with van der Waals surface area (Å²) in [5, 5.41) is 0. The molecule has 2 aromatic carbocycles. The molecule has 1 aliphatic carbocycles. The summed E-state index contributed by atoms with van der Waals surface area (Å²) < 4.78 is 0. The number of hydrogen-bond donors (Lipinski definition) is 0. The van der Waals surface area contributed by atoms with Crippen LogP contribution in [0.5, 0.6) is 0 Å². The van der Waals surface area contributed by atoms with Gasteiger partial charge < -0.3 is 0 Å². The molecule has 0 N–H and O–H groups in total. The summed E-state index contributed by atoms with van der Waals surface area (Å²) in [6, 6.07) is 13.8. The molecule has 0 saturated carbocycles. The second-order valence-corrected chi connectivity index (χ2v) is 5.53. The van der Waals surface area contributed by atoms with Gasteiger partial charge in [-0.15, -0.1) is 0 Å². The van der Waals surface area contributed by atoms with E-state index < -0.39 is 0 Å². The first kappa shape index (κ1) is 11.5. The lowest BCUT2D eigenvalue weighted by Crippen LogP contribution is -2.01. The van der Waals surface area contributed by atoms with Crippen LogP contribution in [0.25, 0.3) is 11.1 Å².